The number of hydrogen-bond donors (Lipinski definition) is 1. The summed E-state index contributed by atoms with van der Waals surface area (Å²) in [6.07, 6.45) is -0.433. The lowest BCUT2D eigenvalue weighted by molar-refractivity contribution is -0.145. The molecule has 0 aliphatic carbocycles. The summed E-state index contributed by atoms with van der Waals surface area (Å²) >= 11 is 0. The van der Waals surface area contributed by atoms with Gasteiger partial charge in [0.05, 0.1) is 24.5 Å². The van der Waals surface area contributed by atoms with E-state index in [1.54, 1.807) is 12.1 Å². The van der Waals surface area contributed by atoms with Crippen LogP contribution in [0.5, 0.6) is 5.75 Å². The number of anilines is 1. The molecule has 0 saturated carbocycles. The number of esters is 2. The molecule has 0 amide bonds. The molecule has 1 aromatic carbocycles. The number of nitrogen functional groups attached to an aromatic ring is 1. The summed E-state index contributed by atoms with van der Waals surface area (Å²) in [5.41, 5.74) is 6.39. The second-order valence-corrected chi connectivity index (χ2v) is 4.04. The highest BCUT2D eigenvalue weighted by molar-refractivity contribution is 5.93. The molecule has 1 saturated heterocycles. The molecule has 2 N–H and O–H groups in total. The second-order valence-electron chi connectivity index (χ2n) is 4.04. The van der Waals surface area contributed by atoms with Gasteiger partial charge in [-0.15, -0.1) is 0 Å². The van der Waals surface area contributed by atoms with Crippen molar-refractivity contribution < 1.29 is 23.8 Å². The molecule has 1 aliphatic rings. The zero-order valence-corrected chi connectivity index (χ0v) is 10.5. The predicted octanol–water partition coefficient (Wildman–Crippen LogP) is 1.14. The van der Waals surface area contributed by atoms with Gasteiger partial charge in [0.25, 0.3) is 0 Å². The van der Waals surface area contributed by atoms with Crippen molar-refractivity contribution in [1.82, 2.24) is 0 Å². The summed E-state index contributed by atoms with van der Waals surface area (Å²) in [4.78, 5) is 23.0. The Hall–Kier alpha value is -2.24. The molecule has 1 aliphatic heterocycles. The molecule has 0 aromatic heterocycles. The van der Waals surface area contributed by atoms with Crippen molar-refractivity contribution in [2.24, 2.45) is 0 Å². The minimum Gasteiger partial charge on any atom is -0.492 e. The van der Waals surface area contributed by atoms with Gasteiger partial charge in [0.1, 0.15) is 5.75 Å². The molecule has 102 valence electrons. The fourth-order valence-electron chi connectivity index (χ4n) is 1.74. The Morgan fingerprint density at radius 3 is 2.89 bits per heavy atom. The number of carbonyl (C=O) groups excluding carboxylic acids is 2. The maximum absolute atomic E-state index is 11.8. The lowest BCUT2D eigenvalue weighted by atomic mass is 10.2. The van der Waals surface area contributed by atoms with Crippen molar-refractivity contribution in [3.63, 3.8) is 0 Å². The van der Waals surface area contributed by atoms with Gasteiger partial charge >= 0.3 is 11.9 Å². The van der Waals surface area contributed by atoms with Crippen LogP contribution in [0.4, 0.5) is 5.69 Å². The first kappa shape index (κ1) is 13.2. The molecular weight excluding hydrogens is 250 g/mol. The van der Waals surface area contributed by atoms with Crippen LogP contribution in [0.3, 0.4) is 0 Å². The number of carbonyl (C=O) groups is 2. The van der Waals surface area contributed by atoms with Gasteiger partial charge in [-0.1, -0.05) is 0 Å². The highest BCUT2D eigenvalue weighted by Gasteiger charge is 2.30. The SMILES string of the molecule is CCOc1ccc(C(=O)OC2CCOC2=O)cc1N. The van der Waals surface area contributed by atoms with Crippen LogP contribution in [-0.2, 0) is 14.3 Å². The maximum atomic E-state index is 11.8. The van der Waals surface area contributed by atoms with Crippen LogP contribution in [0.15, 0.2) is 18.2 Å². The second kappa shape index (κ2) is 5.60. The molecule has 0 spiro atoms. The van der Waals surface area contributed by atoms with Crippen molar-refractivity contribution in [2.45, 2.75) is 19.4 Å². The molecule has 2 rings (SSSR count). The third kappa shape index (κ3) is 2.96. The van der Waals surface area contributed by atoms with Crippen molar-refractivity contribution >= 4 is 17.6 Å². The third-order valence-electron chi connectivity index (χ3n) is 2.68. The first-order valence-corrected chi connectivity index (χ1v) is 6.01. The average Bonchev–Trinajstić information content (AvgIpc) is 2.78. The van der Waals surface area contributed by atoms with Crippen LogP contribution in [0.2, 0.25) is 0 Å². The van der Waals surface area contributed by atoms with E-state index in [-0.39, 0.29) is 12.2 Å². The smallest absolute Gasteiger partial charge is 0.347 e. The minimum absolute atomic E-state index is 0.278. The molecule has 6 nitrogen and oxygen atoms in total. The molecule has 1 unspecified atom stereocenters. The number of nitrogens with two attached hydrogens (primary N) is 1. The minimum atomic E-state index is -0.819. The van der Waals surface area contributed by atoms with Crippen molar-refractivity contribution in [3.8, 4) is 5.75 Å². The Kier molecular flexibility index (Phi) is 3.89. The van der Waals surface area contributed by atoms with Gasteiger partial charge in [-0.25, -0.2) is 9.59 Å². The third-order valence-corrected chi connectivity index (χ3v) is 2.68. The fraction of sp³-hybridized carbons (Fsp3) is 0.385. The molecule has 19 heavy (non-hydrogen) atoms. The van der Waals surface area contributed by atoms with E-state index in [0.29, 0.717) is 24.5 Å². The van der Waals surface area contributed by atoms with Gasteiger partial charge in [0.2, 0.25) is 6.10 Å². The van der Waals surface area contributed by atoms with E-state index in [2.05, 4.69) is 0 Å². The standard InChI is InChI=1S/C13H15NO5/c1-2-17-10-4-3-8(7-9(10)14)12(15)19-11-5-6-18-13(11)16/h3-4,7,11H,2,5-6,14H2,1H3. The molecule has 1 heterocycles. The lowest BCUT2D eigenvalue weighted by Gasteiger charge is -2.10. The Bertz CT molecular complexity index is 500. The molecule has 1 fully saturated rings. The summed E-state index contributed by atoms with van der Waals surface area (Å²) in [6, 6.07) is 4.61. The van der Waals surface area contributed by atoms with Crippen molar-refractivity contribution in [3.05, 3.63) is 23.8 Å². The van der Waals surface area contributed by atoms with Crippen LogP contribution < -0.4 is 10.5 Å². The molecular formula is C13H15NO5. The summed E-state index contributed by atoms with van der Waals surface area (Å²) in [7, 11) is 0. The van der Waals surface area contributed by atoms with Gasteiger partial charge < -0.3 is 19.9 Å². The zero-order chi connectivity index (χ0) is 13.8. The van der Waals surface area contributed by atoms with Crippen LogP contribution >= 0.6 is 0 Å². The summed E-state index contributed by atoms with van der Waals surface area (Å²) in [5, 5.41) is 0. The highest BCUT2D eigenvalue weighted by atomic mass is 16.6. The summed E-state index contributed by atoms with van der Waals surface area (Å²) < 4.78 is 15.0. The first-order chi connectivity index (χ1) is 9.11. The highest BCUT2D eigenvalue weighted by Crippen LogP contribution is 2.23. The number of ether oxygens (including phenoxy) is 3. The largest absolute Gasteiger partial charge is 0.492 e. The van der Waals surface area contributed by atoms with Crippen LogP contribution in [-0.4, -0.2) is 31.3 Å². The van der Waals surface area contributed by atoms with Gasteiger partial charge in [0.15, 0.2) is 0 Å². The molecule has 0 radical (unpaired) electrons. The molecule has 1 aromatic rings. The monoisotopic (exact) mass is 265 g/mol. The van der Waals surface area contributed by atoms with E-state index in [0.717, 1.165) is 0 Å². The van der Waals surface area contributed by atoms with Crippen LogP contribution in [0.25, 0.3) is 0 Å². The van der Waals surface area contributed by atoms with Crippen LogP contribution in [0.1, 0.15) is 23.7 Å². The number of rotatable bonds is 4. The van der Waals surface area contributed by atoms with Crippen molar-refractivity contribution in [2.75, 3.05) is 18.9 Å². The maximum Gasteiger partial charge on any atom is 0.347 e. The van der Waals surface area contributed by atoms with Gasteiger partial charge in [0, 0.05) is 6.42 Å². The van der Waals surface area contributed by atoms with E-state index < -0.39 is 18.0 Å². The Balaban J connectivity index is 2.07. The Morgan fingerprint density at radius 1 is 1.53 bits per heavy atom. The van der Waals surface area contributed by atoms with Crippen molar-refractivity contribution in [1.29, 1.82) is 0 Å². The molecule has 0 bridgehead atoms. The summed E-state index contributed by atoms with van der Waals surface area (Å²) in [5.74, 6) is -0.592. The van der Waals surface area contributed by atoms with E-state index in [1.807, 2.05) is 6.92 Å². The normalized spacial score (nSPS) is 17.9. The van der Waals surface area contributed by atoms with Gasteiger partial charge in [-0.3, -0.25) is 0 Å². The fourth-order valence-corrected chi connectivity index (χ4v) is 1.74. The lowest BCUT2D eigenvalue weighted by Crippen LogP contribution is -2.22. The quantitative estimate of drug-likeness (QED) is 0.648. The first-order valence-electron chi connectivity index (χ1n) is 6.01. The van der Waals surface area contributed by atoms with E-state index in [1.165, 1.54) is 6.07 Å². The Morgan fingerprint density at radius 2 is 2.32 bits per heavy atom. The topological polar surface area (TPSA) is 87.9 Å². The Labute approximate surface area is 110 Å². The molecule has 6 heteroatoms. The predicted molar refractivity (Wildman–Crippen MR) is 66.8 cm³/mol. The van der Waals surface area contributed by atoms with E-state index in [9.17, 15) is 9.59 Å². The average molecular weight is 265 g/mol. The zero-order valence-electron chi connectivity index (χ0n) is 10.5. The van der Waals surface area contributed by atoms with Crippen LogP contribution in [0, 0.1) is 0 Å². The number of benzene rings is 1. The van der Waals surface area contributed by atoms with E-state index in [4.69, 9.17) is 19.9 Å². The molecule has 1 atom stereocenters. The van der Waals surface area contributed by atoms with E-state index >= 15 is 0 Å². The summed E-state index contributed by atoms with van der Waals surface area (Å²) in [6.45, 7) is 2.61. The number of cyclic esters (lactones) is 1. The van der Waals surface area contributed by atoms with Gasteiger partial charge in [-0.2, -0.15) is 0 Å². The number of hydrogen-bond acceptors (Lipinski definition) is 6. The van der Waals surface area contributed by atoms with Gasteiger partial charge in [-0.05, 0) is 25.1 Å².